The van der Waals surface area contributed by atoms with E-state index in [1.165, 1.54) is 22.7 Å². The van der Waals surface area contributed by atoms with E-state index in [2.05, 4.69) is 20.6 Å². The van der Waals surface area contributed by atoms with Gasteiger partial charge in [-0.2, -0.15) is 13.2 Å². The summed E-state index contributed by atoms with van der Waals surface area (Å²) in [5.41, 5.74) is 0.787. The third kappa shape index (κ3) is 3.70. The quantitative estimate of drug-likeness (QED) is 0.456. The second-order valence-corrected chi connectivity index (χ2v) is 7.80. The molecule has 0 spiro atoms. The number of nitrogens with one attached hydrogen (secondary N) is 2. The summed E-state index contributed by atoms with van der Waals surface area (Å²) >= 11 is 0. The van der Waals surface area contributed by atoms with Gasteiger partial charge in [-0.1, -0.05) is 0 Å². The summed E-state index contributed by atoms with van der Waals surface area (Å²) in [6.07, 6.45) is 0.0728. The maximum Gasteiger partial charge on any atom is 0.417 e. The zero-order valence-electron chi connectivity index (χ0n) is 17.2. The van der Waals surface area contributed by atoms with Crippen molar-refractivity contribution in [2.45, 2.75) is 13.1 Å². The highest BCUT2D eigenvalue weighted by atomic mass is 19.4. The lowest BCUT2D eigenvalue weighted by Gasteiger charge is -2.30. The molecule has 0 amide bonds. The first-order valence-electron chi connectivity index (χ1n) is 10.2. The molecule has 0 unspecified atom stereocenters. The Kier molecular flexibility index (Phi) is 4.89. The van der Waals surface area contributed by atoms with Gasteiger partial charge >= 0.3 is 6.18 Å². The summed E-state index contributed by atoms with van der Waals surface area (Å²) in [4.78, 5) is 10.2. The van der Waals surface area contributed by atoms with Crippen LogP contribution in [0, 0.1) is 12.7 Å². The minimum Gasteiger partial charge on any atom is -0.369 e. The molecule has 1 aliphatic heterocycles. The molecule has 10 heteroatoms. The number of anilines is 3. The van der Waals surface area contributed by atoms with Gasteiger partial charge in [0, 0.05) is 61.9 Å². The summed E-state index contributed by atoms with van der Waals surface area (Å²) in [5, 5.41) is 6.43. The lowest BCUT2D eigenvalue weighted by Crippen LogP contribution is -2.43. The number of hydrogen-bond acceptors (Lipinski definition) is 5. The number of fused-ring (bicyclic) bond motifs is 2. The Morgan fingerprint density at radius 3 is 2.62 bits per heavy atom. The molecular weight excluding hydrogens is 424 g/mol. The van der Waals surface area contributed by atoms with Crippen LogP contribution >= 0.6 is 0 Å². The molecule has 1 fully saturated rings. The number of rotatable bonds is 3. The van der Waals surface area contributed by atoms with Gasteiger partial charge in [-0.15, -0.1) is 0 Å². The van der Waals surface area contributed by atoms with Crippen LogP contribution in [-0.2, 0) is 6.18 Å². The smallest absolute Gasteiger partial charge is 0.369 e. The van der Waals surface area contributed by atoms with Crippen LogP contribution in [0.3, 0.4) is 0 Å². The molecule has 6 nitrogen and oxygen atoms in total. The van der Waals surface area contributed by atoms with Crippen molar-refractivity contribution in [3.8, 4) is 0 Å². The summed E-state index contributed by atoms with van der Waals surface area (Å²) in [6, 6.07) is 5.67. The Morgan fingerprint density at radius 1 is 1.09 bits per heavy atom. The van der Waals surface area contributed by atoms with Crippen LogP contribution < -0.4 is 15.5 Å². The van der Waals surface area contributed by atoms with Gasteiger partial charge in [-0.25, -0.2) is 14.4 Å². The number of halogens is 4. The number of aromatic nitrogens is 3. The molecule has 0 atom stereocenters. The number of piperazine rings is 1. The van der Waals surface area contributed by atoms with E-state index in [0.717, 1.165) is 0 Å². The number of imidazole rings is 1. The number of pyridine rings is 2. The predicted octanol–water partition coefficient (Wildman–Crippen LogP) is 4.50. The number of aryl methyl sites for hydroxylation is 1. The van der Waals surface area contributed by atoms with Gasteiger partial charge in [-0.3, -0.25) is 0 Å². The Balaban J connectivity index is 1.63. The van der Waals surface area contributed by atoms with Crippen LogP contribution in [-0.4, -0.2) is 40.5 Å². The molecule has 3 aromatic heterocycles. The molecule has 5 rings (SSSR count). The normalized spacial score (nSPS) is 15.0. The monoisotopic (exact) mass is 444 g/mol. The van der Waals surface area contributed by atoms with Crippen molar-refractivity contribution in [3.63, 3.8) is 0 Å². The van der Waals surface area contributed by atoms with E-state index in [0.29, 0.717) is 42.9 Å². The van der Waals surface area contributed by atoms with Crippen molar-refractivity contribution in [3.05, 3.63) is 59.9 Å². The Bertz CT molecular complexity index is 1310. The van der Waals surface area contributed by atoms with Crippen LogP contribution in [0.25, 0.3) is 16.4 Å². The zero-order chi connectivity index (χ0) is 22.5. The lowest BCUT2D eigenvalue weighted by molar-refractivity contribution is -0.136. The SMILES string of the molecule is Cc1cn2cc(Nc3nccc4cc(N5CCNCC5)cc(C(F)(F)F)c34)cc(F)c2n1. The third-order valence-electron chi connectivity index (χ3n) is 5.53. The molecular formula is C22H20F4N6. The van der Waals surface area contributed by atoms with Crippen molar-refractivity contribution >= 4 is 33.6 Å². The highest BCUT2D eigenvalue weighted by molar-refractivity contribution is 5.98. The molecule has 2 N–H and O–H groups in total. The van der Waals surface area contributed by atoms with E-state index in [4.69, 9.17) is 0 Å². The topological polar surface area (TPSA) is 57.5 Å². The molecule has 32 heavy (non-hydrogen) atoms. The van der Waals surface area contributed by atoms with E-state index in [9.17, 15) is 17.6 Å². The lowest BCUT2D eigenvalue weighted by atomic mass is 10.0. The van der Waals surface area contributed by atoms with Crippen molar-refractivity contribution in [2.75, 3.05) is 36.4 Å². The minimum atomic E-state index is -4.58. The highest BCUT2D eigenvalue weighted by Gasteiger charge is 2.35. The maximum atomic E-state index is 14.5. The number of nitrogens with zero attached hydrogens (tertiary/aromatic N) is 4. The van der Waals surface area contributed by atoms with Crippen molar-refractivity contribution in [1.29, 1.82) is 0 Å². The highest BCUT2D eigenvalue weighted by Crippen LogP contribution is 2.41. The summed E-state index contributed by atoms with van der Waals surface area (Å²) in [6.45, 7) is 4.41. The molecule has 1 aromatic carbocycles. The van der Waals surface area contributed by atoms with E-state index < -0.39 is 17.6 Å². The average Bonchev–Trinajstić information content (AvgIpc) is 3.14. The van der Waals surface area contributed by atoms with Crippen molar-refractivity contribution in [2.24, 2.45) is 0 Å². The first kappa shape index (κ1) is 20.5. The summed E-state index contributed by atoms with van der Waals surface area (Å²) < 4.78 is 58.3. The molecule has 0 bridgehead atoms. The minimum absolute atomic E-state index is 0.0114. The largest absolute Gasteiger partial charge is 0.417 e. The van der Waals surface area contributed by atoms with Gasteiger partial charge in [-0.05, 0) is 30.5 Å². The number of alkyl halides is 3. The van der Waals surface area contributed by atoms with Crippen molar-refractivity contribution < 1.29 is 17.6 Å². The predicted molar refractivity (Wildman–Crippen MR) is 115 cm³/mol. The summed E-state index contributed by atoms with van der Waals surface area (Å²) in [7, 11) is 0. The molecule has 0 radical (unpaired) electrons. The van der Waals surface area contributed by atoms with E-state index >= 15 is 0 Å². The fourth-order valence-corrected chi connectivity index (χ4v) is 4.11. The van der Waals surface area contributed by atoms with Crippen LogP contribution in [0.4, 0.5) is 34.8 Å². The fraction of sp³-hybridized carbons (Fsp3) is 0.273. The van der Waals surface area contributed by atoms with Crippen LogP contribution in [0.5, 0.6) is 0 Å². The van der Waals surface area contributed by atoms with E-state index in [-0.39, 0.29) is 22.5 Å². The second-order valence-electron chi connectivity index (χ2n) is 7.80. The van der Waals surface area contributed by atoms with Gasteiger partial charge < -0.3 is 19.9 Å². The zero-order valence-corrected chi connectivity index (χ0v) is 17.2. The van der Waals surface area contributed by atoms with Crippen molar-refractivity contribution in [1.82, 2.24) is 19.7 Å². The van der Waals surface area contributed by atoms with Gasteiger partial charge in [0.25, 0.3) is 0 Å². The maximum absolute atomic E-state index is 14.5. The Hall–Kier alpha value is -3.40. The molecule has 0 aliphatic carbocycles. The first-order valence-corrected chi connectivity index (χ1v) is 10.2. The van der Waals surface area contributed by atoms with Crippen LogP contribution in [0.15, 0.2) is 42.9 Å². The van der Waals surface area contributed by atoms with Gasteiger partial charge in [0.15, 0.2) is 11.5 Å². The Morgan fingerprint density at radius 2 is 1.88 bits per heavy atom. The number of benzene rings is 1. The molecule has 1 saturated heterocycles. The Labute approximate surface area is 180 Å². The van der Waals surface area contributed by atoms with Gasteiger partial charge in [0.05, 0.1) is 16.9 Å². The molecule has 1 aliphatic rings. The summed E-state index contributed by atoms with van der Waals surface area (Å²) in [5.74, 6) is -0.572. The first-order chi connectivity index (χ1) is 15.3. The van der Waals surface area contributed by atoms with Gasteiger partial charge in [0.2, 0.25) is 0 Å². The molecule has 0 saturated carbocycles. The fourth-order valence-electron chi connectivity index (χ4n) is 4.11. The number of hydrogen-bond donors (Lipinski definition) is 2. The van der Waals surface area contributed by atoms with E-state index in [1.807, 2.05) is 4.90 Å². The second kappa shape index (κ2) is 7.63. The average molecular weight is 444 g/mol. The molecule has 166 valence electrons. The third-order valence-corrected chi connectivity index (χ3v) is 5.53. The van der Waals surface area contributed by atoms with Crippen LogP contribution in [0.2, 0.25) is 0 Å². The standard InChI is InChI=1S/C22H20F4N6/c1-13-11-32-12-15(9-18(23)21(32)29-13)30-20-19-14(2-3-28-20)8-16(10-17(19)22(24,25)26)31-6-4-27-5-7-31/h2-3,8-12,27H,4-7H2,1H3,(H,28,30). The molecule has 4 heterocycles. The molecule has 4 aromatic rings. The van der Waals surface area contributed by atoms with Gasteiger partial charge in [0.1, 0.15) is 5.82 Å². The van der Waals surface area contributed by atoms with Crippen LogP contribution in [0.1, 0.15) is 11.3 Å². The van der Waals surface area contributed by atoms with E-state index in [1.54, 1.807) is 31.5 Å².